The molecular weight excluding hydrogens is 260 g/mol. The van der Waals surface area contributed by atoms with Crippen LogP contribution in [-0.4, -0.2) is 19.0 Å². The molecule has 0 aromatic rings. The van der Waals surface area contributed by atoms with Crippen molar-refractivity contribution in [2.45, 2.75) is 105 Å². The maximum atomic E-state index is 6.00. The van der Waals surface area contributed by atoms with E-state index < -0.39 is 0 Å². The van der Waals surface area contributed by atoms with Crippen molar-refractivity contribution in [1.82, 2.24) is 0 Å². The quantitative estimate of drug-likeness (QED) is 0.260. The maximum Gasteiger partial charge on any atom is 0.168 e. The zero-order valence-electron chi connectivity index (χ0n) is 15.4. The first-order chi connectivity index (χ1) is 10.1. The van der Waals surface area contributed by atoms with Crippen molar-refractivity contribution < 1.29 is 9.47 Å². The van der Waals surface area contributed by atoms with Gasteiger partial charge >= 0.3 is 0 Å². The van der Waals surface area contributed by atoms with Gasteiger partial charge in [0, 0.05) is 19.1 Å². The van der Waals surface area contributed by atoms with E-state index in [4.69, 9.17) is 9.47 Å². The minimum absolute atomic E-state index is 0.387. The van der Waals surface area contributed by atoms with E-state index in [-0.39, 0.29) is 5.79 Å². The lowest BCUT2D eigenvalue weighted by atomic mass is 9.88. The smallest absolute Gasteiger partial charge is 0.168 e. The molecule has 0 amide bonds. The Morgan fingerprint density at radius 3 is 1.67 bits per heavy atom. The van der Waals surface area contributed by atoms with E-state index in [0.29, 0.717) is 5.92 Å². The normalized spacial score (nSPS) is 13.6. The first kappa shape index (κ1) is 20.9. The Labute approximate surface area is 134 Å². The van der Waals surface area contributed by atoms with Gasteiger partial charge in [-0.2, -0.15) is 0 Å². The second kappa shape index (κ2) is 13.6. The third kappa shape index (κ3) is 9.52. The molecule has 1 atom stereocenters. The number of hydrogen-bond acceptors (Lipinski definition) is 2. The van der Waals surface area contributed by atoms with Crippen molar-refractivity contribution in [3.05, 3.63) is 0 Å². The molecule has 1 unspecified atom stereocenters. The van der Waals surface area contributed by atoms with E-state index in [2.05, 4.69) is 34.6 Å². The summed E-state index contributed by atoms with van der Waals surface area (Å²) in [5.41, 5.74) is 0. The van der Waals surface area contributed by atoms with Crippen LogP contribution in [0.4, 0.5) is 0 Å². The van der Waals surface area contributed by atoms with Crippen LogP contribution in [0.25, 0.3) is 0 Å². The summed E-state index contributed by atoms with van der Waals surface area (Å²) in [6.45, 7) is 12.3. The molecule has 0 aromatic heterocycles. The molecule has 0 bridgehead atoms. The molecule has 0 saturated heterocycles. The Morgan fingerprint density at radius 2 is 1.14 bits per heavy atom. The van der Waals surface area contributed by atoms with E-state index in [9.17, 15) is 0 Å². The summed E-state index contributed by atoms with van der Waals surface area (Å²) in [4.78, 5) is 0. The van der Waals surface area contributed by atoms with Crippen molar-refractivity contribution in [2.24, 2.45) is 5.92 Å². The van der Waals surface area contributed by atoms with Crippen LogP contribution in [0.5, 0.6) is 0 Å². The molecule has 2 nitrogen and oxygen atoms in total. The van der Waals surface area contributed by atoms with Crippen molar-refractivity contribution in [3.63, 3.8) is 0 Å². The summed E-state index contributed by atoms with van der Waals surface area (Å²) in [6, 6.07) is 0. The van der Waals surface area contributed by atoms with Gasteiger partial charge in [-0.15, -0.1) is 0 Å². The Bertz CT molecular complexity index is 210. The van der Waals surface area contributed by atoms with E-state index >= 15 is 0 Å². The Hall–Kier alpha value is -0.0800. The molecule has 0 aromatic carbocycles. The zero-order valence-corrected chi connectivity index (χ0v) is 15.4. The summed E-state index contributed by atoms with van der Waals surface area (Å²) < 4.78 is 12.0. The van der Waals surface area contributed by atoms with Crippen LogP contribution in [0, 0.1) is 5.92 Å². The van der Waals surface area contributed by atoms with Gasteiger partial charge in [0.05, 0.1) is 0 Å². The largest absolute Gasteiger partial charge is 0.350 e. The van der Waals surface area contributed by atoms with Crippen molar-refractivity contribution >= 4 is 0 Å². The van der Waals surface area contributed by atoms with Crippen LogP contribution in [-0.2, 0) is 9.47 Å². The van der Waals surface area contributed by atoms with E-state index in [1.165, 1.54) is 64.2 Å². The highest BCUT2D eigenvalue weighted by atomic mass is 16.7. The molecule has 0 N–H and O–H groups in total. The summed E-state index contributed by atoms with van der Waals surface area (Å²) in [6.07, 6.45) is 13.1. The van der Waals surface area contributed by atoms with Crippen LogP contribution in [0.2, 0.25) is 0 Å². The van der Waals surface area contributed by atoms with Crippen LogP contribution in [0.15, 0.2) is 0 Å². The highest BCUT2D eigenvalue weighted by Gasteiger charge is 2.34. The van der Waals surface area contributed by atoms with Gasteiger partial charge in [-0.1, -0.05) is 65.2 Å². The van der Waals surface area contributed by atoms with E-state index in [0.717, 1.165) is 13.2 Å². The number of ether oxygens (including phenoxy) is 2. The third-order valence-electron chi connectivity index (χ3n) is 4.42. The number of rotatable bonds is 15. The SMILES string of the molecule is CCCCCCCCC(CCCC)C(C)(OCC)OCC. The molecule has 0 fully saturated rings. The molecule has 0 aliphatic rings. The molecular formula is C19H40O2. The highest BCUT2D eigenvalue weighted by Crippen LogP contribution is 2.32. The average Bonchev–Trinajstić information content (AvgIpc) is 2.46. The topological polar surface area (TPSA) is 18.5 Å². The molecule has 0 rings (SSSR count). The lowest BCUT2D eigenvalue weighted by Crippen LogP contribution is -2.41. The predicted molar refractivity (Wildman–Crippen MR) is 92.7 cm³/mol. The fraction of sp³-hybridized carbons (Fsp3) is 1.00. The minimum atomic E-state index is -0.387. The average molecular weight is 301 g/mol. The Balaban J connectivity index is 4.32. The molecule has 0 saturated carbocycles. The van der Waals surface area contributed by atoms with Gasteiger partial charge in [0.1, 0.15) is 0 Å². The lowest BCUT2D eigenvalue weighted by Gasteiger charge is -2.37. The van der Waals surface area contributed by atoms with Crippen LogP contribution >= 0.6 is 0 Å². The molecule has 2 heteroatoms. The van der Waals surface area contributed by atoms with E-state index in [1.807, 2.05) is 0 Å². The fourth-order valence-corrected chi connectivity index (χ4v) is 3.14. The molecule has 0 aliphatic carbocycles. The standard InChI is InChI=1S/C19H40O2/c1-6-10-12-13-14-15-17-18(16-11-7-2)19(5,20-8-3)21-9-4/h18H,6-17H2,1-5H3. The van der Waals surface area contributed by atoms with Gasteiger partial charge in [0.2, 0.25) is 0 Å². The minimum Gasteiger partial charge on any atom is -0.350 e. The Morgan fingerprint density at radius 1 is 0.667 bits per heavy atom. The molecule has 0 aliphatic heterocycles. The number of hydrogen-bond donors (Lipinski definition) is 0. The first-order valence-corrected chi connectivity index (χ1v) is 9.42. The fourth-order valence-electron chi connectivity index (χ4n) is 3.14. The van der Waals surface area contributed by atoms with Crippen molar-refractivity contribution in [3.8, 4) is 0 Å². The van der Waals surface area contributed by atoms with Gasteiger partial charge < -0.3 is 9.47 Å². The van der Waals surface area contributed by atoms with Gasteiger partial charge in [0.15, 0.2) is 5.79 Å². The van der Waals surface area contributed by atoms with Gasteiger partial charge in [-0.3, -0.25) is 0 Å². The molecule has 21 heavy (non-hydrogen) atoms. The molecule has 128 valence electrons. The highest BCUT2D eigenvalue weighted by molar-refractivity contribution is 4.76. The summed E-state index contributed by atoms with van der Waals surface area (Å²) in [5, 5.41) is 0. The summed E-state index contributed by atoms with van der Waals surface area (Å²) in [7, 11) is 0. The van der Waals surface area contributed by atoms with Crippen LogP contribution in [0.1, 0.15) is 98.8 Å². The molecule has 0 radical (unpaired) electrons. The first-order valence-electron chi connectivity index (χ1n) is 9.42. The van der Waals surface area contributed by atoms with Gasteiger partial charge in [-0.05, 0) is 33.6 Å². The third-order valence-corrected chi connectivity index (χ3v) is 4.42. The summed E-state index contributed by atoms with van der Waals surface area (Å²) >= 11 is 0. The van der Waals surface area contributed by atoms with Gasteiger partial charge in [0.25, 0.3) is 0 Å². The van der Waals surface area contributed by atoms with Crippen LogP contribution < -0.4 is 0 Å². The summed E-state index contributed by atoms with van der Waals surface area (Å²) in [5.74, 6) is 0.144. The lowest BCUT2D eigenvalue weighted by molar-refractivity contribution is -0.254. The van der Waals surface area contributed by atoms with Crippen molar-refractivity contribution in [2.75, 3.05) is 13.2 Å². The van der Waals surface area contributed by atoms with Gasteiger partial charge in [-0.25, -0.2) is 0 Å². The zero-order chi connectivity index (χ0) is 16.0. The number of unbranched alkanes of at least 4 members (excludes halogenated alkanes) is 6. The Kier molecular flexibility index (Phi) is 13.5. The van der Waals surface area contributed by atoms with E-state index in [1.54, 1.807) is 0 Å². The molecule has 0 heterocycles. The maximum absolute atomic E-state index is 6.00. The predicted octanol–water partition coefficient (Wildman–Crippen LogP) is 6.33. The molecule has 0 spiro atoms. The monoisotopic (exact) mass is 300 g/mol. The van der Waals surface area contributed by atoms with Crippen LogP contribution in [0.3, 0.4) is 0 Å². The van der Waals surface area contributed by atoms with Crippen molar-refractivity contribution in [1.29, 1.82) is 0 Å². The second-order valence-corrected chi connectivity index (χ2v) is 6.28. The second-order valence-electron chi connectivity index (χ2n) is 6.28.